The molecule has 192 valence electrons. The van der Waals surface area contributed by atoms with Crippen molar-refractivity contribution < 1.29 is 9.90 Å². The molecule has 0 radical (unpaired) electrons. The number of anilines is 1. The number of benzene rings is 2. The lowest BCUT2D eigenvalue weighted by Crippen LogP contribution is -2.56. The summed E-state index contributed by atoms with van der Waals surface area (Å²) >= 11 is 3.54. The van der Waals surface area contributed by atoms with Gasteiger partial charge in [0.15, 0.2) is 0 Å². The number of carbonyl (C=O) groups is 1. The second-order valence-electron chi connectivity index (χ2n) is 11.6. The quantitative estimate of drug-likeness (QED) is 0.448. The van der Waals surface area contributed by atoms with Crippen LogP contribution in [-0.2, 0) is 5.60 Å². The fraction of sp³-hybridized carbons (Fsp3) is 0.500. The van der Waals surface area contributed by atoms with E-state index in [2.05, 4.69) is 76.0 Å². The van der Waals surface area contributed by atoms with Gasteiger partial charge in [-0.25, -0.2) is 5.43 Å². The second kappa shape index (κ2) is 9.62. The molecule has 0 aromatic heterocycles. The molecule has 4 unspecified atom stereocenters. The zero-order valence-corrected chi connectivity index (χ0v) is 23.4. The third kappa shape index (κ3) is 4.64. The van der Waals surface area contributed by atoms with Crippen LogP contribution >= 0.6 is 15.9 Å². The summed E-state index contributed by atoms with van der Waals surface area (Å²) in [5.41, 5.74) is 7.95. The number of carbonyl (C=O) groups excluding carboxylic acids is 1. The Morgan fingerprint density at radius 1 is 1.14 bits per heavy atom. The lowest BCUT2D eigenvalue weighted by Gasteiger charge is -2.45. The number of hydrazine groups is 1. The van der Waals surface area contributed by atoms with Crippen molar-refractivity contribution >= 4 is 27.5 Å². The number of aliphatic hydroxyl groups is 1. The number of hydrogen-bond acceptors (Lipinski definition) is 4. The van der Waals surface area contributed by atoms with Gasteiger partial charge in [0.05, 0.1) is 17.3 Å². The van der Waals surface area contributed by atoms with Crippen LogP contribution < -0.4 is 10.4 Å². The van der Waals surface area contributed by atoms with Crippen molar-refractivity contribution in [2.24, 2.45) is 5.92 Å². The molecular formula is C30H38BrN3O2. The maximum Gasteiger partial charge on any atom is 0.254 e. The minimum Gasteiger partial charge on any atom is -0.386 e. The second-order valence-corrected chi connectivity index (χ2v) is 12.5. The van der Waals surface area contributed by atoms with E-state index >= 15 is 0 Å². The van der Waals surface area contributed by atoms with Gasteiger partial charge in [-0.3, -0.25) is 4.79 Å². The normalized spacial score (nSPS) is 26.2. The molecule has 2 heterocycles. The maximum atomic E-state index is 13.9. The van der Waals surface area contributed by atoms with E-state index in [0.717, 1.165) is 35.7 Å². The van der Waals surface area contributed by atoms with Gasteiger partial charge in [-0.2, -0.15) is 0 Å². The molecule has 2 aromatic carbocycles. The lowest BCUT2D eigenvalue weighted by atomic mass is 9.79. The van der Waals surface area contributed by atoms with Crippen molar-refractivity contribution in [1.82, 2.24) is 10.3 Å². The summed E-state index contributed by atoms with van der Waals surface area (Å²) in [5, 5.41) is 13.0. The van der Waals surface area contributed by atoms with Crippen LogP contribution in [0.2, 0.25) is 0 Å². The van der Waals surface area contributed by atoms with Gasteiger partial charge in [0, 0.05) is 34.6 Å². The van der Waals surface area contributed by atoms with Crippen LogP contribution in [0, 0.1) is 5.92 Å². The van der Waals surface area contributed by atoms with E-state index in [9.17, 15) is 9.90 Å². The Morgan fingerprint density at radius 2 is 1.86 bits per heavy atom. The molecule has 3 aliphatic rings. The van der Waals surface area contributed by atoms with Crippen LogP contribution in [0.15, 0.2) is 59.1 Å². The first-order valence-corrected chi connectivity index (χ1v) is 14.0. The van der Waals surface area contributed by atoms with Gasteiger partial charge in [-0.05, 0) is 86.9 Å². The highest BCUT2D eigenvalue weighted by molar-refractivity contribution is 9.10. The topological polar surface area (TPSA) is 55.8 Å². The average Bonchev–Trinajstić information content (AvgIpc) is 3.12. The van der Waals surface area contributed by atoms with Gasteiger partial charge in [0.1, 0.15) is 0 Å². The van der Waals surface area contributed by atoms with E-state index in [0.29, 0.717) is 36.0 Å². The minimum atomic E-state index is -1.04. The Morgan fingerprint density at radius 3 is 2.53 bits per heavy atom. The van der Waals surface area contributed by atoms with Gasteiger partial charge in [-0.1, -0.05) is 54.1 Å². The number of rotatable bonds is 4. The monoisotopic (exact) mass is 551 g/mol. The Kier molecular flexibility index (Phi) is 6.81. The molecule has 2 aromatic rings. The van der Waals surface area contributed by atoms with Gasteiger partial charge in [0.25, 0.3) is 5.91 Å². The molecule has 6 heteroatoms. The molecule has 1 aliphatic carbocycles. The molecule has 5 nitrogen and oxygen atoms in total. The van der Waals surface area contributed by atoms with E-state index in [1.807, 2.05) is 18.2 Å². The minimum absolute atomic E-state index is 0.0460. The van der Waals surface area contributed by atoms with Gasteiger partial charge >= 0.3 is 0 Å². The van der Waals surface area contributed by atoms with Gasteiger partial charge < -0.3 is 15.0 Å². The number of halogens is 1. The number of hydrogen-bond donors (Lipinski definition) is 2. The van der Waals surface area contributed by atoms with Crippen LogP contribution in [0.3, 0.4) is 0 Å². The molecule has 3 fully saturated rings. The van der Waals surface area contributed by atoms with Crippen molar-refractivity contribution in [1.29, 1.82) is 0 Å². The van der Waals surface area contributed by atoms with Crippen LogP contribution in [0.4, 0.5) is 5.69 Å². The molecule has 0 spiro atoms. The summed E-state index contributed by atoms with van der Waals surface area (Å²) in [6, 6.07) is 15.3. The van der Waals surface area contributed by atoms with Crippen molar-refractivity contribution in [3.05, 3.63) is 75.8 Å². The predicted molar refractivity (Wildman–Crippen MR) is 149 cm³/mol. The standard InChI is InChI=1S/C30H38BrN3O2/c1-18(2)20-7-10-22(11-8-20)34-26-14-15-33(27-16-19(3)6-13-25(32-34)28(26)27)29(35)21-9-12-24(31)23(17-21)30(4,5)36/h7-12,17-18,25-28,32,36H,3,6,13-16H2,1-2,4-5H3. The molecule has 36 heavy (non-hydrogen) atoms. The fourth-order valence-electron chi connectivity index (χ4n) is 6.38. The molecular weight excluding hydrogens is 514 g/mol. The SMILES string of the molecule is C=C1CCC2NN(c3ccc(C(C)C)cc3)C3CCN(C(=O)c4ccc(Br)c(C(C)(C)O)c4)C(C1)C23. The number of piperidine rings is 1. The smallest absolute Gasteiger partial charge is 0.254 e. The number of amides is 1. The van der Waals surface area contributed by atoms with Crippen molar-refractivity contribution in [3.63, 3.8) is 0 Å². The van der Waals surface area contributed by atoms with E-state index < -0.39 is 5.60 Å². The Balaban J connectivity index is 1.45. The highest BCUT2D eigenvalue weighted by atomic mass is 79.9. The average molecular weight is 553 g/mol. The van der Waals surface area contributed by atoms with E-state index in [1.54, 1.807) is 13.8 Å². The van der Waals surface area contributed by atoms with E-state index in [1.165, 1.54) is 16.8 Å². The Hall–Kier alpha value is -2.15. The summed E-state index contributed by atoms with van der Waals surface area (Å²) in [4.78, 5) is 16.0. The third-order valence-electron chi connectivity index (χ3n) is 8.33. The molecule has 0 bridgehead atoms. The molecule has 2 saturated heterocycles. The highest BCUT2D eigenvalue weighted by Gasteiger charge is 2.52. The first kappa shape index (κ1) is 25.5. The predicted octanol–water partition coefficient (Wildman–Crippen LogP) is 6.13. The molecule has 4 atom stereocenters. The zero-order chi connectivity index (χ0) is 25.8. The van der Waals surface area contributed by atoms with Gasteiger partial charge in [0.2, 0.25) is 0 Å². The summed E-state index contributed by atoms with van der Waals surface area (Å²) < 4.78 is 0.812. The fourth-order valence-corrected chi connectivity index (χ4v) is 7.12. The summed E-state index contributed by atoms with van der Waals surface area (Å²) in [7, 11) is 0. The maximum absolute atomic E-state index is 13.9. The van der Waals surface area contributed by atoms with Crippen molar-refractivity contribution in [3.8, 4) is 0 Å². The van der Waals surface area contributed by atoms with Crippen LogP contribution in [-0.4, -0.2) is 40.6 Å². The third-order valence-corrected chi connectivity index (χ3v) is 9.03. The molecule has 1 saturated carbocycles. The van der Waals surface area contributed by atoms with Crippen LogP contribution in [0.1, 0.15) is 80.8 Å². The van der Waals surface area contributed by atoms with Gasteiger partial charge in [-0.15, -0.1) is 0 Å². The van der Waals surface area contributed by atoms with Crippen LogP contribution in [0.5, 0.6) is 0 Å². The summed E-state index contributed by atoms with van der Waals surface area (Å²) in [6.45, 7) is 13.0. The van der Waals surface area contributed by atoms with E-state index in [4.69, 9.17) is 0 Å². The van der Waals surface area contributed by atoms with Crippen molar-refractivity contribution in [2.45, 2.75) is 83.0 Å². The van der Waals surface area contributed by atoms with Crippen molar-refractivity contribution in [2.75, 3.05) is 11.6 Å². The van der Waals surface area contributed by atoms with E-state index in [-0.39, 0.29) is 11.9 Å². The lowest BCUT2D eigenvalue weighted by molar-refractivity contribution is 0.0472. The largest absolute Gasteiger partial charge is 0.386 e. The highest BCUT2D eigenvalue weighted by Crippen LogP contribution is 2.44. The first-order chi connectivity index (χ1) is 17.0. The Bertz CT molecular complexity index is 1150. The first-order valence-electron chi connectivity index (χ1n) is 13.2. The molecule has 2 aliphatic heterocycles. The Labute approximate surface area is 223 Å². The molecule has 1 amide bonds. The molecule has 2 N–H and O–H groups in total. The molecule has 5 rings (SSSR count). The summed E-state index contributed by atoms with van der Waals surface area (Å²) in [5.74, 6) is 0.900. The number of nitrogens with zero attached hydrogens (tertiary/aromatic N) is 2. The van der Waals surface area contributed by atoms with Crippen LogP contribution in [0.25, 0.3) is 0 Å². The zero-order valence-electron chi connectivity index (χ0n) is 21.8. The summed E-state index contributed by atoms with van der Waals surface area (Å²) in [6.07, 6.45) is 3.80. The number of likely N-dealkylation sites (tertiary alicyclic amines) is 1. The number of nitrogens with one attached hydrogen (secondary N) is 1.